The summed E-state index contributed by atoms with van der Waals surface area (Å²) >= 11 is 6.78. The molecule has 12 heteroatoms. The number of carbonyl (C=O) groups excluding carboxylic acids is 3. The number of methoxy groups -OCH3 is 1. The monoisotopic (exact) mass is 518 g/mol. The summed E-state index contributed by atoms with van der Waals surface area (Å²) in [5, 5.41) is 3.76. The first-order chi connectivity index (χ1) is 16.0. The first-order valence-corrected chi connectivity index (χ1v) is 11.6. The number of aryl methyl sites for hydroxylation is 1. The van der Waals surface area contributed by atoms with E-state index in [0.29, 0.717) is 18.4 Å². The fourth-order valence-electron chi connectivity index (χ4n) is 3.64. The van der Waals surface area contributed by atoms with E-state index < -0.39 is 29.7 Å². The summed E-state index contributed by atoms with van der Waals surface area (Å²) in [6.45, 7) is 0.956. The summed E-state index contributed by atoms with van der Waals surface area (Å²) in [6, 6.07) is 5.23. The molecule has 34 heavy (non-hydrogen) atoms. The average Bonchev–Trinajstić information content (AvgIpc) is 3.15. The number of halogens is 4. The van der Waals surface area contributed by atoms with Crippen molar-refractivity contribution in [3.63, 3.8) is 0 Å². The van der Waals surface area contributed by atoms with Gasteiger partial charge in [0.05, 0.1) is 19.3 Å². The van der Waals surface area contributed by atoms with Gasteiger partial charge in [-0.1, -0.05) is 17.7 Å². The largest absolute Gasteiger partial charge is 0.465 e. The molecule has 1 amide bonds. The molecule has 184 valence electrons. The second-order valence-electron chi connectivity index (χ2n) is 7.46. The first-order valence-electron chi connectivity index (χ1n) is 10.4. The minimum atomic E-state index is -5.36. The van der Waals surface area contributed by atoms with Gasteiger partial charge in [0, 0.05) is 15.5 Å². The smallest absolute Gasteiger partial charge is 0.441 e. The Kier molecular flexibility index (Phi) is 7.77. The lowest BCUT2D eigenvalue weighted by Gasteiger charge is -2.35. The molecule has 2 aromatic rings. The lowest BCUT2D eigenvalue weighted by molar-refractivity contribution is -0.204. The van der Waals surface area contributed by atoms with Crippen molar-refractivity contribution in [1.82, 2.24) is 5.32 Å². The highest BCUT2D eigenvalue weighted by atomic mass is 35.5. The minimum Gasteiger partial charge on any atom is -0.465 e. The number of alkyl halides is 3. The van der Waals surface area contributed by atoms with Crippen LogP contribution in [0.4, 0.5) is 18.2 Å². The highest BCUT2D eigenvalue weighted by Crippen LogP contribution is 2.42. The Morgan fingerprint density at radius 2 is 1.88 bits per heavy atom. The predicted molar refractivity (Wildman–Crippen MR) is 120 cm³/mol. The van der Waals surface area contributed by atoms with Crippen molar-refractivity contribution in [2.45, 2.75) is 44.4 Å². The number of hydrogen-bond acceptors (Lipinski definition) is 7. The second kappa shape index (κ2) is 10.2. The molecular weight excluding hydrogens is 497 g/mol. The molecule has 1 aromatic carbocycles. The standard InChI is InChI=1S/C22H22ClF3N2O5S/c1-3-33-20(31)21(22(24,25)26,27-17(29)12-7-6-8-13(23)11-12)28-18-16(19(30)32-2)14-9-4-5-10-15(14)34-18/h6-8,11,28H,3-5,9-10H2,1-2H3,(H,27,29)/t21-/m1/s1. The van der Waals surface area contributed by atoms with E-state index in [-0.39, 0.29) is 27.8 Å². The molecule has 3 rings (SSSR count). The Bertz CT molecular complexity index is 1100. The van der Waals surface area contributed by atoms with Gasteiger partial charge < -0.3 is 20.1 Å². The van der Waals surface area contributed by atoms with Crippen LogP contribution in [0.15, 0.2) is 24.3 Å². The predicted octanol–water partition coefficient (Wildman–Crippen LogP) is 4.73. The van der Waals surface area contributed by atoms with Crippen LogP contribution in [0, 0.1) is 0 Å². The van der Waals surface area contributed by atoms with Gasteiger partial charge in [0.15, 0.2) is 0 Å². The van der Waals surface area contributed by atoms with Gasteiger partial charge in [0.2, 0.25) is 0 Å². The number of thiophene rings is 1. The van der Waals surface area contributed by atoms with Crippen LogP contribution in [0.5, 0.6) is 0 Å². The zero-order valence-corrected chi connectivity index (χ0v) is 19.9. The van der Waals surface area contributed by atoms with Crippen molar-refractivity contribution in [2.24, 2.45) is 0 Å². The molecule has 1 aliphatic rings. The number of ether oxygens (including phenoxy) is 2. The number of nitrogens with one attached hydrogen (secondary N) is 2. The molecule has 0 bridgehead atoms. The number of hydrogen-bond donors (Lipinski definition) is 2. The summed E-state index contributed by atoms with van der Waals surface area (Å²) in [6.07, 6.45) is -2.75. The summed E-state index contributed by atoms with van der Waals surface area (Å²) < 4.78 is 53.2. The van der Waals surface area contributed by atoms with Crippen LogP contribution in [-0.2, 0) is 27.1 Å². The van der Waals surface area contributed by atoms with Crippen molar-refractivity contribution in [1.29, 1.82) is 0 Å². The number of esters is 2. The molecule has 0 aliphatic heterocycles. The Balaban J connectivity index is 2.14. The molecule has 0 saturated heterocycles. The molecule has 1 atom stereocenters. The zero-order chi connectivity index (χ0) is 25.1. The molecule has 1 heterocycles. The van der Waals surface area contributed by atoms with Crippen LogP contribution in [0.1, 0.15) is 50.9 Å². The van der Waals surface area contributed by atoms with E-state index in [4.69, 9.17) is 21.1 Å². The van der Waals surface area contributed by atoms with Gasteiger partial charge in [-0.25, -0.2) is 9.59 Å². The van der Waals surface area contributed by atoms with Crippen LogP contribution in [0.3, 0.4) is 0 Å². The number of anilines is 1. The highest BCUT2D eigenvalue weighted by molar-refractivity contribution is 7.16. The van der Waals surface area contributed by atoms with Crippen LogP contribution in [0.25, 0.3) is 0 Å². The number of benzene rings is 1. The average molecular weight is 519 g/mol. The summed E-state index contributed by atoms with van der Waals surface area (Å²) in [7, 11) is 1.11. The summed E-state index contributed by atoms with van der Waals surface area (Å²) in [5.74, 6) is -3.84. The van der Waals surface area contributed by atoms with Gasteiger partial charge in [0.1, 0.15) is 5.00 Å². The molecule has 7 nitrogen and oxygen atoms in total. The lowest BCUT2D eigenvalue weighted by atomic mass is 9.95. The molecule has 0 unspecified atom stereocenters. The van der Waals surface area contributed by atoms with E-state index in [9.17, 15) is 27.6 Å². The van der Waals surface area contributed by atoms with Crippen molar-refractivity contribution in [2.75, 3.05) is 19.0 Å². The number of carbonyl (C=O) groups is 3. The topological polar surface area (TPSA) is 93.7 Å². The third-order valence-corrected chi connectivity index (χ3v) is 6.70. The van der Waals surface area contributed by atoms with Crippen molar-refractivity contribution in [3.8, 4) is 0 Å². The van der Waals surface area contributed by atoms with Gasteiger partial charge in [-0.3, -0.25) is 4.79 Å². The molecule has 1 aliphatic carbocycles. The molecular formula is C22H22ClF3N2O5S. The quantitative estimate of drug-likeness (QED) is 0.406. The SMILES string of the molecule is CCOC(=O)[C@@](NC(=O)c1cccc(Cl)c1)(Nc1sc2c(c1C(=O)OC)CCCC2)C(F)(F)F. The Labute approximate surface area is 202 Å². The van der Waals surface area contributed by atoms with Gasteiger partial charge >= 0.3 is 23.8 Å². The van der Waals surface area contributed by atoms with Crippen molar-refractivity contribution in [3.05, 3.63) is 50.9 Å². The summed E-state index contributed by atoms with van der Waals surface area (Å²) in [4.78, 5) is 38.9. The molecule has 2 N–H and O–H groups in total. The minimum absolute atomic E-state index is 0.0860. The maximum Gasteiger partial charge on any atom is 0.441 e. The molecule has 0 saturated carbocycles. The fraction of sp³-hybridized carbons (Fsp3) is 0.409. The van der Waals surface area contributed by atoms with Crippen LogP contribution in [0.2, 0.25) is 5.02 Å². The molecule has 0 spiro atoms. The van der Waals surface area contributed by atoms with E-state index in [2.05, 4.69) is 5.32 Å². The van der Waals surface area contributed by atoms with Crippen molar-refractivity contribution >= 4 is 45.8 Å². The Hall–Kier alpha value is -2.79. The fourth-order valence-corrected chi connectivity index (χ4v) is 5.17. The van der Waals surface area contributed by atoms with E-state index in [1.165, 1.54) is 25.1 Å². The van der Waals surface area contributed by atoms with E-state index in [0.717, 1.165) is 42.2 Å². The van der Waals surface area contributed by atoms with Gasteiger partial charge in [-0.2, -0.15) is 13.2 Å². The number of amides is 1. The highest BCUT2D eigenvalue weighted by Gasteiger charge is 2.64. The maximum atomic E-state index is 14.6. The maximum absolute atomic E-state index is 14.6. The van der Waals surface area contributed by atoms with Crippen LogP contribution >= 0.6 is 22.9 Å². The molecule has 1 aromatic heterocycles. The van der Waals surface area contributed by atoms with Gasteiger partial charge in [-0.15, -0.1) is 11.3 Å². The summed E-state index contributed by atoms with van der Waals surface area (Å²) in [5.41, 5.74) is -3.40. The number of fused-ring (bicyclic) bond motifs is 1. The van der Waals surface area contributed by atoms with Gasteiger partial charge in [0.25, 0.3) is 5.91 Å². The normalized spacial score (nSPS) is 15.0. The van der Waals surface area contributed by atoms with E-state index in [1.54, 1.807) is 5.32 Å². The lowest BCUT2D eigenvalue weighted by Crippen LogP contribution is -2.69. The van der Waals surface area contributed by atoms with Gasteiger partial charge in [-0.05, 0) is 56.4 Å². The van der Waals surface area contributed by atoms with E-state index in [1.807, 2.05) is 0 Å². The third-order valence-electron chi connectivity index (χ3n) is 5.26. The zero-order valence-electron chi connectivity index (χ0n) is 18.3. The van der Waals surface area contributed by atoms with Crippen molar-refractivity contribution < 1.29 is 37.0 Å². The molecule has 0 radical (unpaired) electrons. The number of rotatable bonds is 7. The second-order valence-corrected chi connectivity index (χ2v) is 9.01. The van der Waals surface area contributed by atoms with Crippen LogP contribution in [-0.4, -0.2) is 43.4 Å². The third kappa shape index (κ3) is 5.00. The Morgan fingerprint density at radius 1 is 1.18 bits per heavy atom. The van der Waals surface area contributed by atoms with Crippen LogP contribution < -0.4 is 10.6 Å². The molecule has 0 fully saturated rings. The first kappa shape index (κ1) is 25.8. The van der Waals surface area contributed by atoms with E-state index >= 15 is 0 Å². The Morgan fingerprint density at radius 3 is 2.50 bits per heavy atom.